The molecule has 4 aromatic rings. The highest BCUT2D eigenvalue weighted by Crippen LogP contribution is 2.36. The molecule has 2 aromatic carbocycles. The van der Waals surface area contributed by atoms with Gasteiger partial charge in [0.25, 0.3) is 5.56 Å². The molecule has 0 saturated heterocycles. The highest BCUT2D eigenvalue weighted by atomic mass is 32.1. The number of pyridine rings is 1. The van der Waals surface area contributed by atoms with Crippen molar-refractivity contribution in [2.24, 2.45) is 0 Å². The van der Waals surface area contributed by atoms with Crippen LogP contribution < -0.4 is 10.3 Å². The molecular formula is C25H23NO2S. The summed E-state index contributed by atoms with van der Waals surface area (Å²) in [5, 5.41) is 1.32. The predicted molar refractivity (Wildman–Crippen MR) is 119 cm³/mol. The topological polar surface area (TPSA) is 31.2 Å². The Morgan fingerprint density at radius 2 is 1.79 bits per heavy atom. The molecule has 0 aliphatic heterocycles. The average Bonchev–Trinajstić information content (AvgIpc) is 2.93. The summed E-state index contributed by atoms with van der Waals surface area (Å²) in [6.07, 6.45) is 8.02. The van der Waals surface area contributed by atoms with Gasteiger partial charge in [-0.1, -0.05) is 36.8 Å². The van der Waals surface area contributed by atoms with E-state index >= 15 is 0 Å². The number of nitrogens with zero attached hydrogens (tertiary/aromatic N) is 1. The van der Waals surface area contributed by atoms with E-state index in [1.54, 1.807) is 10.6 Å². The zero-order valence-corrected chi connectivity index (χ0v) is 17.1. The van der Waals surface area contributed by atoms with Gasteiger partial charge in [-0.3, -0.25) is 9.36 Å². The van der Waals surface area contributed by atoms with Crippen molar-refractivity contribution < 1.29 is 4.74 Å². The second-order valence-electron chi connectivity index (χ2n) is 7.59. The first-order valence-electron chi connectivity index (χ1n) is 10.2. The summed E-state index contributed by atoms with van der Waals surface area (Å²) >= 11 is 1.92. The number of hydrogen-bond donors (Lipinski definition) is 0. The fraction of sp³-hybridized carbons (Fsp3) is 0.240. The Morgan fingerprint density at radius 1 is 0.931 bits per heavy atom. The molecule has 0 amide bonds. The van der Waals surface area contributed by atoms with Crippen LogP contribution in [0.5, 0.6) is 5.75 Å². The molecule has 0 spiro atoms. The van der Waals surface area contributed by atoms with Crippen molar-refractivity contribution in [3.8, 4) is 11.4 Å². The fourth-order valence-corrected chi connectivity index (χ4v) is 5.36. The van der Waals surface area contributed by atoms with Crippen LogP contribution in [0.3, 0.4) is 0 Å². The first kappa shape index (κ1) is 18.2. The van der Waals surface area contributed by atoms with E-state index in [4.69, 9.17) is 4.74 Å². The van der Waals surface area contributed by atoms with Crippen LogP contribution >= 0.6 is 11.3 Å². The van der Waals surface area contributed by atoms with Crippen molar-refractivity contribution in [1.82, 2.24) is 4.57 Å². The fourth-order valence-electron chi connectivity index (χ4n) is 4.08. The number of aromatic nitrogens is 1. The molecule has 0 unspecified atom stereocenters. The molecule has 2 aromatic heterocycles. The van der Waals surface area contributed by atoms with Crippen molar-refractivity contribution in [1.29, 1.82) is 0 Å². The number of thiophene rings is 1. The van der Waals surface area contributed by atoms with Crippen molar-refractivity contribution in [3.05, 3.63) is 93.2 Å². The Bertz CT molecular complexity index is 1210. The van der Waals surface area contributed by atoms with E-state index in [0.717, 1.165) is 17.7 Å². The van der Waals surface area contributed by atoms with Gasteiger partial charge in [0.1, 0.15) is 12.4 Å². The summed E-state index contributed by atoms with van der Waals surface area (Å²) in [7, 11) is 0. The maximum absolute atomic E-state index is 12.8. The number of benzene rings is 2. The number of fused-ring (bicyclic) bond motifs is 3. The second-order valence-corrected chi connectivity index (χ2v) is 8.73. The molecule has 4 heteroatoms. The van der Waals surface area contributed by atoms with Crippen molar-refractivity contribution >= 4 is 21.4 Å². The molecule has 0 atom stereocenters. The van der Waals surface area contributed by atoms with Crippen LogP contribution in [0.2, 0.25) is 0 Å². The predicted octanol–water partition coefficient (Wildman–Crippen LogP) is 5.90. The highest BCUT2D eigenvalue weighted by Gasteiger charge is 2.15. The second kappa shape index (κ2) is 7.88. The Morgan fingerprint density at radius 3 is 2.66 bits per heavy atom. The molecule has 3 nitrogen and oxygen atoms in total. The summed E-state index contributed by atoms with van der Waals surface area (Å²) in [5.74, 6) is 0.598. The summed E-state index contributed by atoms with van der Waals surface area (Å²) in [4.78, 5) is 14.3. The minimum atomic E-state index is -0.0729. The van der Waals surface area contributed by atoms with E-state index in [0.29, 0.717) is 12.4 Å². The largest absolute Gasteiger partial charge is 0.489 e. The lowest BCUT2D eigenvalue weighted by Gasteiger charge is -2.10. The van der Waals surface area contributed by atoms with E-state index in [9.17, 15) is 4.79 Å². The summed E-state index contributed by atoms with van der Waals surface area (Å²) in [6, 6.07) is 19.8. The Kier molecular flexibility index (Phi) is 4.94. The van der Waals surface area contributed by atoms with Crippen molar-refractivity contribution in [2.45, 2.75) is 38.7 Å². The quantitative estimate of drug-likeness (QED) is 0.399. The first-order chi connectivity index (χ1) is 14.3. The number of rotatable bonds is 4. The van der Waals surface area contributed by atoms with Gasteiger partial charge in [0.2, 0.25) is 0 Å². The van der Waals surface area contributed by atoms with E-state index < -0.39 is 0 Å². The SMILES string of the molecule is O=c1cc(OCc2ccccc2)ccn1-c1ccc2sc3c(c2c1)CCCCC3. The van der Waals surface area contributed by atoms with Crippen molar-refractivity contribution in [3.63, 3.8) is 0 Å². The third kappa shape index (κ3) is 3.73. The van der Waals surface area contributed by atoms with Gasteiger partial charge < -0.3 is 4.74 Å². The molecule has 0 bridgehead atoms. The molecule has 5 rings (SSSR count). The van der Waals surface area contributed by atoms with Gasteiger partial charge in [-0.25, -0.2) is 0 Å². The summed E-state index contributed by atoms with van der Waals surface area (Å²) in [6.45, 7) is 0.456. The van der Waals surface area contributed by atoms with Gasteiger partial charge in [-0.2, -0.15) is 0 Å². The highest BCUT2D eigenvalue weighted by molar-refractivity contribution is 7.19. The molecule has 1 aliphatic carbocycles. The van der Waals surface area contributed by atoms with Gasteiger partial charge in [-0.15, -0.1) is 11.3 Å². The van der Waals surface area contributed by atoms with Gasteiger partial charge >= 0.3 is 0 Å². The van der Waals surface area contributed by atoms with Crippen LogP contribution in [-0.2, 0) is 19.4 Å². The van der Waals surface area contributed by atoms with E-state index in [1.807, 2.05) is 60.0 Å². The smallest absolute Gasteiger partial charge is 0.258 e. The monoisotopic (exact) mass is 401 g/mol. The van der Waals surface area contributed by atoms with Gasteiger partial charge in [0.15, 0.2) is 0 Å². The minimum Gasteiger partial charge on any atom is -0.489 e. The van der Waals surface area contributed by atoms with E-state index in [-0.39, 0.29) is 5.56 Å². The van der Waals surface area contributed by atoms with Gasteiger partial charge in [0, 0.05) is 27.5 Å². The number of ether oxygens (including phenoxy) is 1. The normalized spacial score (nSPS) is 13.8. The lowest BCUT2D eigenvalue weighted by atomic mass is 10.1. The molecule has 0 radical (unpaired) electrons. The summed E-state index contributed by atoms with van der Waals surface area (Å²) < 4.78 is 8.83. The molecule has 2 heterocycles. The molecule has 1 aliphatic rings. The zero-order valence-electron chi connectivity index (χ0n) is 16.3. The third-order valence-electron chi connectivity index (χ3n) is 5.61. The molecule has 0 saturated carbocycles. The van der Waals surface area contributed by atoms with Gasteiger partial charge in [-0.05, 0) is 66.5 Å². The third-order valence-corrected chi connectivity index (χ3v) is 6.88. The van der Waals surface area contributed by atoms with Gasteiger partial charge in [0.05, 0.1) is 0 Å². The zero-order chi connectivity index (χ0) is 19.6. The van der Waals surface area contributed by atoms with Crippen LogP contribution in [-0.4, -0.2) is 4.57 Å². The van der Waals surface area contributed by atoms with E-state index in [2.05, 4.69) is 12.1 Å². The number of hydrogen-bond acceptors (Lipinski definition) is 3. The van der Waals surface area contributed by atoms with Crippen LogP contribution in [0.1, 0.15) is 35.3 Å². The Balaban J connectivity index is 1.43. The molecule has 29 heavy (non-hydrogen) atoms. The molecule has 0 N–H and O–H groups in total. The standard InChI is InChI=1S/C25H23NO2S/c27-25-16-20(28-17-18-7-3-1-4-8-18)13-14-26(25)19-11-12-24-22(15-19)21-9-5-2-6-10-23(21)29-24/h1,3-4,7-8,11-16H,2,5-6,9-10,17H2. The number of aryl methyl sites for hydroxylation is 2. The Labute approximate surface area is 174 Å². The first-order valence-corrected chi connectivity index (χ1v) is 11.0. The molecule has 0 fully saturated rings. The average molecular weight is 402 g/mol. The van der Waals surface area contributed by atoms with Crippen molar-refractivity contribution in [2.75, 3.05) is 0 Å². The molecular weight excluding hydrogens is 378 g/mol. The van der Waals surface area contributed by atoms with Crippen LogP contribution in [0.15, 0.2) is 71.7 Å². The van der Waals surface area contributed by atoms with Crippen LogP contribution in [0, 0.1) is 0 Å². The lowest BCUT2D eigenvalue weighted by molar-refractivity contribution is 0.305. The minimum absolute atomic E-state index is 0.0729. The summed E-state index contributed by atoms with van der Waals surface area (Å²) in [5.41, 5.74) is 3.43. The Hall–Kier alpha value is -2.85. The van der Waals surface area contributed by atoms with E-state index in [1.165, 1.54) is 46.2 Å². The molecule has 146 valence electrons. The van der Waals surface area contributed by atoms with Crippen LogP contribution in [0.4, 0.5) is 0 Å². The maximum atomic E-state index is 12.8. The lowest BCUT2D eigenvalue weighted by Crippen LogP contribution is -2.16. The maximum Gasteiger partial charge on any atom is 0.258 e. The van der Waals surface area contributed by atoms with Crippen LogP contribution in [0.25, 0.3) is 15.8 Å².